The second-order valence-corrected chi connectivity index (χ2v) is 4.87. The fourth-order valence-electron chi connectivity index (χ4n) is 0.780. The van der Waals surface area contributed by atoms with E-state index in [1.54, 1.807) is 20.8 Å². The number of ether oxygens (including phenoxy) is 1. The summed E-state index contributed by atoms with van der Waals surface area (Å²) < 4.78 is 8.46. The molecule has 0 aliphatic rings. The number of oxime groups is 1. The standard InChI is InChI=1S/C9H14N4O3S/c1-9(2,3)16-12-5(7(14)15-4)6-11-8(10)17-13-6/h1-4H3,(H2,10,11,13)/b12-5-. The van der Waals surface area contributed by atoms with Crippen LogP contribution in [0.5, 0.6) is 0 Å². The monoisotopic (exact) mass is 258 g/mol. The zero-order valence-electron chi connectivity index (χ0n) is 10.1. The average molecular weight is 258 g/mol. The van der Waals surface area contributed by atoms with Crippen LogP contribution < -0.4 is 5.73 Å². The lowest BCUT2D eigenvalue weighted by molar-refractivity contribution is -0.133. The van der Waals surface area contributed by atoms with Crippen LogP contribution in [-0.2, 0) is 14.4 Å². The van der Waals surface area contributed by atoms with Crippen LogP contribution >= 0.6 is 11.5 Å². The van der Waals surface area contributed by atoms with Crippen molar-refractivity contribution in [3.05, 3.63) is 5.82 Å². The Kier molecular flexibility index (Phi) is 4.00. The van der Waals surface area contributed by atoms with Gasteiger partial charge in [-0.1, -0.05) is 5.16 Å². The minimum atomic E-state index is -0.674. The van der Waals surface area contributed by atoms with Crippen LogP contribution in [0.4, 0.5) is 5.13 Å². The molecule has 0 aromatic carbocycles. The number of hydrogen-bond acceptors (Lipinski definition) is 8. The molecule has 0 radical (unpaired) electrons. The van der Waals surface area contributed by atoms with Gasteiger partial charge in [0, 0.05) is 11.5 Å². The van der Waals surface area contributed by atoms with Crippen molar-refractivity contribution in [3.63, 3.8) is 0 Å². The summed E-state index contributed by atoms with van der Waals surface area (Å²) in [7, 11) is 1.24. The van der Waals surface area contributed by atoms with Crippen molar-refractivity contribution in [3.8, 4) is 0 Å². The van der Waals surface area contributed by atoms with Crippen molar-refractivity contribution < 1.29 is 14.4 Å². The predicted molar refractivity (Wildman–Crippen MR) is 63.7 cm³/mol. The molecular formula is C9H14N4O3S. The zero-order chi connectivity index (χ0) is 13.1. The molecule has 0 unspecified atom stereocenters. The molecule has 0 bridgehead atoms. The van der Waals surface area contributed by atoms with Crippen LogP contribution in [0.15, 0.2) is 5.16 Å². The SMILES string of the molecule is COC(=O)/C(=N\OC(C)(C)C)c1nsc(N)n1. The Bertz CT molecular complexity index is 436. The number of carbonyl (C=O) groups is 1. The van der Waals surface area contributed by atoms with E-state index in [1.165, 1.54) is 7.11 Å². The topological polar surface area (TPSA) is 99.7 Å². The van der Waals surface area contributed by atoms with E-state index < -0.39 is 11.6 Å². The molecule has 1 rings (SSSR count). The first-order valence-electron chi connectivity index (χ1n) is 4.77. The fraction of sp³-hybridized carbons (Fsp3) is 0.556. The summed E-state index contributed by atoms with van der Waals surface area (Å²) in [6.07, 6.45) is 0. The van der Waals surface area contributed by atoms with Crippen molar-refractivity contribution in [1.29, 1.82) is 0 Å². The molecule has 1 aromatic rings. The highest BCUT2D eigenvalue weighted by molar-refractivity contribution is 7.09. The van der Waals surface area contributed by atoms with E-state index in [0.29, 0.717) is 0 Å². The van der Waals surface area contributed by atoms with Gasteiger partial charge >= 0.3 is 5.97 Å². The Morgan fingerprint density at radius 3 is 2.53 bits per heavy atom. The van der Waals surface area contributed by atoms with Crippen molar-refractivity contribution in [2.75, 3.05) is 12.8 Å². The lowest BCUT2D eigenvalue weighted by atomic mass is 10.2. The molecule has 7 nitrogen and oxygen atoms in total. The second kappa shape index (κ2) is 5.09. The molecular weight excluding hydrogens is 244 g/mol. The number of anilines is 1. The summed E-state index contributed by atoms with van der Waals surface area (Å²) in [5, 5.41) is 3.96. The van der Waals surface area contributed by atoms with E-state index in [0.717, 1.165) is 11.5 Å². The van der Waals surface area contributed by atoms with Gasteiger partial charge in [-0.15, -0.1) is 0 Å². The molecule has 17 heavy (non-hydrogen) atoms. The van der Waals surface area contributed by atoms with Crippen molar-refractivity contribution >= 4 is 28.3 Å². The van der Waals surface area contributed by atoms with E-state index >= 15 is 0 Å². The third-order valence-corrected chi connectivity index (χ3v) is 1.99. The Balaban J connectivity index is 3.00. The summed E-state index contributed by atoms with van der Waals surface area (Å²) in [6.45, 7) is 5.40. The van der Waals surface area contributed by atoms with E-state index in [9.17, 15) is 4.79 Å². The first-order chi connectivity index (χ1) is 7.83. The van der Waals surface area contributed by atoms with E-state index in [1.807, 2.05) is 0 Å². The third kappa shape index (κ3) is 3.99. The van der Waals surface area contributed by atoms with Gasteiger partial charge in [0.2, 0.25) is 11.5 Å². The van der Waals surface area contributed by atoms with Crippen molar-refractivity contribution in [2.45, 2.75) is 26.4 Å². The molecule has 0 saturated carbocycles. The molecule has 0 aliphatic carbocycles. The van der Waals surface area contributed by atoms with Crippen LogP contribution in [-0.4, -0.2) is 33.7 Å². The molecule has 1 heterocycles. The Labute approximate surface area is 103 Å². The van der Waals surface area contributed by atoms with Crippen molar-refractivity contribution in [2.24, 2.45) is 5.16 Å². The lowest BCUT2D eigenvalue weighted by Gasteiger charge is -2.15. The van der Waals surface area contributed by atoms with Crippen LogP contribution in [0, 0.1) is 0 Å². The fourth-order valence-corrected chi connectivity index (χ4v) is 1.21. The number of nitrogens with two attached hydrogens (primary N) is 1. The molecule has 0 aliphatic heterocycles. The summed E-state index contributed by atoms with van der Waals surface area (Å²) in [5.41, 5.74) is 4.81. The summed E-state index contributed by atoms with van der Waals surface area (Å²) in [6, 6.07) is 0. The number of methoxy groups -OCH3 is 1. The molecule has 0 amide bonds. The average Bonchev–Trinajstić information content (AvgIpc) is 2.63. The Morgan fingerprint density at radius 2 is 2.12 bits per heavy atom. The lowest BCUT2D eigenvalue weighted by Crippen LogP contribution is -2.23. The first-order valence-corrected chi connectivity index (χ1v) is 5.55. The maximum absolute atomic E-state index is 11.5. The van der Waals surface area contributed by atoms with Gasteiger partial charge in [-0.3, -0.25) is 0 Å². The zero-order valence-corrected chi connectivity index (χ0v) is 10.9. The first kappa shape index (κ1) is 13.4. The van der Waals surface area contributed by atoms with Gasteiger partial charge in [0.15, 0.2) is 5.13 Å². The largest absolute Gasteiger partial charge is 0.464 e. The number of aromatic nitrogens is 2. The van der Waals surface area contributed by atoms with E-state index in [-0.39, 0.29) is 16.7 Å². The molecule has 0 saturated heterocycles. The number of nitrogens with zero attached hydrogens (tertiary/aromatic N) is 3. The molecule has 94 valence electrons. The highest BCUT2D eigenvalue weighted by Crippen LogP contribution is 2.11. The maximum atomic E-state index is 11.5. The van der Waals surface area contributed by atoms with Gasteiger partial charge in [-0.2, -0.15) is 9.36 Å². The van der Waals surface area contributed by atoms with Crippen LogP contribution in [0.1, 0.15) is 26.6 Å². The number of hydrogen-bond donors (Lipinski definition) is 1. The summed E-state index contributed by atoms with van der Waals surface area (Å²) in [5.74, 6) is -0.573. The van der Waals surface area contributed by atoms with Gasteiger partial charge in [-0.25, -0.2) is 4.79 Å². The van der Waals surface area contributed by atoms with Gasteiger partial charge in [-0.05, 0) is 20.8 Å². The Hall–Kier alpha value is -1.70. The smallest absolute Gasteiger partial charge is 0.364 e. The van der Waals surface area contributed by atoms with Crippen molar-refractivity contribution in [1.82, 2.24) is 9.36 Å². The molecule has 2 N–H and O–H groups in total. The predicted octanol–water partition coefficient (Wildman–Crippen LogP) is 0.812. The second-order valence-electron chi connectivity index (χ2n) is 4.09. The highest BCUT2D eigenvalue weighted by Gasteiger charge is 2.22. The van der Waals surface area contributed by atoms with Gasteiger partial charge < -0.3 is 15.3 Å². The van der Waals surface area contributed by atoms with Crippen LogP contribution in [0.25, 0.3) is 0 Å². The third-order valence-electron chi connectivity index (χ3n) is 1.44. The normalized spacial score (nSPS) is 12.4. The summed E-state index contributed by atoms with van der Waals surface area (Å²) >= 11 is 0.966. The van der Waals surface area contributed by atoms with Crippen LogP contribution in [0.3, 0.4) is 0 Å². The van der Waals surface area contributed by atoms with Gasteiger partial charge in [0.05, 0.1) is 7.11 Å². The minimum absolute atomic E-state index is 0.101. The number of nitrogen functional groups attached to an aromatic ring is 1. The van der Waals surface area contributed by atoms with Gasteiger partial charge in [0.25, 0.3) is 0 Å². The maximum Gasteiger partial charge on any atom is 0.364 e. The summed E-state index contributed by atoms with van der Waals surface area (Å²) in [4.78, 5) is 20.5. The number of esters is 1. The van der Waals surface area contributed by atoms with E-state index in [2.05, 4.69) is 19.3 Å². The number of rotatable bonds is 3. The molecule has 0 fully saturated rings. The quantitative estimate of drug-likeness (QED) is 0.489. The van der Waals surface area contributed by atoms with E-state index in [4.69, 9.17) is 10.6 Å². The molecule has 8 heteroatoms. The minimum Gasteiger partial charge on any atom is -0.464 e. The van der Waals surface area contributed by atoms with Gasteiger partial charge in [0.1, 0.15) is 5.60 Å². The Morgan fingerprint density at radius 1 is 1.47 bits per heavy atom. The molecule has 0 spiro atoms. The highest BCUT2D eigenvalue weighted by atomic mass is 32.1. The number of carbonyl (C=O) groups excluding carboxylic acids is 1. The molecule has 1 aromatic heterocycles. The molecule has 0 atom stereocenters. The van der Waals surface area contributed by atoms with Crippen LogP contribution in [0.2, 0.25) is 0 Å².